The van der Waals surface area contributed by atoms with Crippen LogP contribution in [0, 0.1) is 6.92 Å². The van der Waals surface area contributed by atoms with E-state index in [1.807, 2.05) is 32.4 Å². The summed E-state index contributed by atoms with van der Waals surface area (Å²) in [5, 5.41) is 14.9. The van der Waals surface area contributed by atoms with Crippen LogP contribution in [0.5, 0.6) is 0 Å². The van der Waals surface area contributed by atoms with Crippen molar-refractivity contribution in [3.8, 4) is 0 Å². The fraction of sp³-hybridized carbons (Fsp3) is 0.812. The van der Waals surface area contributed by atoms with Crippen molar-refractivity contribution in [3.63, 3.8) is 0 Å². The summed E-state index contributed by atoms with van der Waals surface area (Å²) < 4.78 is 13.1. The number of aliphatic imine (C=N–C) groups is 1. The summed E-state index contributed by atoms with van der Waals surface area (Å²) in [6, 6.07) is 0. The average Bonchev–Trinajstić information content (AvgIpc) is 3.19. The summed E-state index contributed by atoms with van der Waals surface area (Å²) >= 11 is 0. The molecule has 2 N–H and O–H groups in total. The molecule has 0 aromatic carbocycles. The highest BCUT2D eigenvalue weighted by molar-refractivity contribution is 5.79. The Balaban J connectivity index is 1.96. The minimum Gasteiger partial charge on any atom is -0.377 e. The first kappa shape index (κ1) is 18.7. The van der Waals surface area contributed by atoms with Gasteiger partial charge in [-0.1, -0.05) is 0 Å². The lowest BCUT2D eigenvalue weighted by Gasteiger charge is -2.25. The fourth-order valence-electron chi connectivity index (χ4n) is 2.30. The number of hydrogen-bond donors (Lipinski definition) is 2. The van der Waals surface area contributed by atoms with E-state index in [1.54, 1.807) is 7.11 Å². The Morgan fingerprint density at radius 1 is 1.42 bits per heavy atom. The van der Waals surface area contributed by atoms with Gasteiger partial charge in [-0.05, 0) is 33.6 Å². The second-order valence-corrected chi connectivity index (χ2v) is 6.72. The van der Waals surface area contributed by atoms with E-state index in [2.05, 4.69) is 25.8 Å². The van der Waals surface area contributed by atoms with E-state index in [0.717, 1.165) is 43.6 Å². The minimum absolute atomic E-state index is 0.254. The molecule has 0 amide bonds. The van der Waals surface area contributed by atoms with Crippen LogP contribution in [0.4, 0.5) is 0 Å². The van der Waals surface area contributed by atoms with Crippen molar-refractivity contribution >= 4 is 5.96 Å². The van der Waals surface area contributed by atoms with Gasteiger partial charge in [-0.3, -0.25) is 0 Å². The number of nitrogens with one attached hydrogen (secondary N) is 2. The molecule has 1 unspecified atom stereocenters. The lowest BCUT2D eigenvalue weighted by atomic mass is 10.1. The van der Waals surface area contributed by atoms with E-state index in [1.165, 1.54) is 0 Å². The van der Waals surface area contributed by atoms with Gasteiger partial charge in [-0.25, -0.2) is 4.99 Å². The van der Waals surface area contributed by atoms with Crippen molar-refractivity contribution in [2.45, 2.75) is 51.9 Å². The van der Waals surface area contributed by atoms with Gasteiger partial charge in [-0.2, -0.15) is 0 Å². The van der Waals surface area contributed by atoms with Crippen LogP contribution in [0.25, 0.3) is 0 Å². The lowest BCUT2D eigenvalue weighted by Crippen LogP contribution is -2.47. The van der Waals surface area contributed by atoms with Crippen molar-refractivity contribution in [2.75, 3.05) is 26.8 Å². The fourth-order valence-corrected chi connectivity index (χ4v) is 2.30. The van der Waals surface area contributed by atoms with Crippen LogP contribution in [0.15, 0.2) is 4.99 Å². The lowest BCUT2D eigenvalue weighted by molar-refractivity contribution is 0.0267. The molecule has 136 valence electrons. The molecular formula is C16H30N6O2. The highest BCUT2D eigenvalue weighted by atomic mass is 16.5. The van der Waals surface area contributed by atoms with Crippen LogP contribution >= 0.6 is 0 Å². The summed E-state index contributed by atoms with van der Waals surface area (Å²) in [5.41, 5.74) is -0.270. The van der Waals surface area contributed by atoms with Gasteiger partial charge in [0.2, 0.25) is 0 Å². The summed E-state index contributed by atoms with van der Waals surface area (Å²) in [4.78, 5) is 4.63. The van der Waals surface area contributed by atoms with Crippen LogP contribution < -0.4 is 10.6 Å². The number of methoxy groups -OCH3 is 1. The predicted octanol–water partition coefficient (Wildman–Crippen LogP) is 0.763. The Bertz CT molecular complexity index is 549. The van der Waals surface area contributed by atoms with Gasteiger partial charge in [0, 0.05) is 33.9 Å². The van der Waals surface area contributed by atoms with Crippen molar-refractivity contribution in [1.82, 2.24) is 25.4 Å². The molecule has 1 aromatic rings. The van der Waals surface area contributed by atoms with Crippen molar-refractivity contribution in [3.05, 3.63) is 11.6 Å². The first-order valence-corrected chi connectivity index (χ1v) is 8.45. The summed E-state index contributed by atoms with van der Waals surface area (Å²) in [7, 11) is 3.65. The molecule has 2 rings (SSSR count). The molecule has 0 aliphatic carbocycles. The normalized spacial score (nSPS) is 18.9. The predicted molar refractivity (Wildman–Crippen MR) is 92.9 cm³/mol. The highest BCUT2D eigenvalue weighted by Crippen LogP contribution is 2.10. The molecule has 24 heavy (non-hydrogen) atoms. The van der Waals surface area contributed by atoms with Gasteiger partial charge < -0.3 is 24.7 Å². The van der Waals surface area contributed by atoms with E-state index in [0.29, 0.717) is 13.1 Å². The van der Waals surface area contributed by atoms with E-state index in [4.69, 9.17) is 9.47 Å². The van der Waals surface area contributed by atoms with Gasteiger partial charge >= 0.3 is 0 Å². The molecule has 8 nitrogen and oxygen atoms in total. The Morgan fingerprint density at radius 3 is 2.79 bits per heavy atom. The Kier molecular flexibility index (Phi) is 6.56. The molecule has 0 radical (unpaired) electrons. The Morgan fingerprint density at radius 2 is 2.21 bits per heavy atom. The van der Waals surface area contributed by atoms with Gasteiger partial charge in [0.05, 0.1) is 11.7 Å². The maximum absolute atomic E-state index is 5.66. The second-order valence-electron chi connectivity index (χ2n) is 6.72. The molecule has 1 fully saturated rings. The van der Waals surface area contributed by atoms with Crippen LogP contribution in [-0.4, -0.2) is 59.2 Å². The first-order chi connectivity index (χ1) is 11.4. The largest absolute Gasteiger partial charge is 0.377 e. The minimum atomic E-state index is -0.270. The number of hydrogen-bond acceptors (Lipinski definition) is 5. The number of guanidine groups is 1. The molecule has 1 atom stereocenters. The van der Waals surface area contributed by atoms with Crippen LogP contribution in [0.3, 0.4) is 0 Å². The van der Waals surface area contributed by atoms with E-state index < -0.39 is 0 Å². The zero-order chi connectivity index (χ0) is 17.6. The van der Waals surface area contributed by atoms with Gasteiger partial charge in [0.25, 0.3) is 0 Å². The standard InChI is InChI=1S/C16H30N6O2/c1-12-20-21-14(22(12)4)10-18-15(19-11-16(2,3)23-5)17-9-13-7-6-8-24-13/h13H,6-11H2,1-5H3,(H2,17,18,19). The van der Waals surface area contributed by atoms with E-state index >= 15 is 0 Å². The monoisotopic (exact) mass is 338 g/mol. The number of ether oxygens (including phenoxy) is 2. The number of aromatic nitrogens is 3. The van der Waals surface area contributed by atoms with Crippen LogP contribution in [0.2, 0.25) is 0 Å². The summed E-state index contributed by atoms with van der Waals surface area (Å²) in [5.74, 6) is 2.44. The molecule has 8 heteroatoms. The number of rotatable bonds is 7. The maximum atomic E-state index is 5.66. The SMILES string of the molecule is COC(C)(C)CNC(=NCc1nnc(C)n1C)NCC1CCCO1. The third-order valence-electron chi connectivity index (χ3n) is 4.32. The molecule has 2 heterocycles. The topological polar surface area (TPSA) is 85.6 Å². The van der Waals surface area contributed by atoms with Gasteiger partial charge in [-0.15, -0.1) is 10.2 Å². The molecule has 1 aliphatic heterocycles. The molecule has 1 aromatic heterocycles. The number of aryl methyl sites for hydroxylation is 1. The van der Waals surface area contributed by atoms with Gasteiger partial charge in [0.15, 0.2) is 11.8 Å². The smallest absolute Gasteiger partial charge is 0.191 e. The third-order valence-corrected chi connectivity index (χ3v) is 4.32. The molecule has 1 aliphatic rings. The zero-order valence-electron chi connectivity index (χ0n) is 15.4. The van der Waals surface area contributed by atoms with Crippen LogP contribution in [-0.2, 0) is 23.1 Å². The third kappa shape index (κ3) is 5.45. The molecule has 0 spiro atoms. The van der Waals surface area contributed by atoms with Crippen molar-refractivity contribution in [1.29, 1.82) is 0 Å². The molecular weight excluding hydrogens is 308 g/mol. The Labute approximate surface area is 144 Å². The number of nitrogens with zero attached hydrogens (tertiary/aromatic N) is 4. The van der Waals surface area contributed by atoms with Crippen LogP contribution in [0.1, 0.15) is 38.3 Å². The zero-order valence-corrected chi connectivity index (χ0v) is 15.4. The summed E-state index contributed by atoms with van der Waals surface area (Å²) in [6.45, 7) is 8.70. The quantitative estimate of drug-likeness (QED) is 0.564. The summed E-state index contributed by atoms with van der Waals surface area (Å²) in [6.07, 6.45) is 2.47. The van der Waals surface area contributed by atoms with E-state index in [-0.39, 0.29) is 11.7 Å². The van der Waals surface area contributed by atoms with Crippen molar-refractivity contribution < 1.29 is 9.47 Å². The molecule has 0 saturated carbocycles. The van der Waals surface area contributed by atoms with E-state index in [9.17, 15) is 0 Å². The molecule has 0 bridgehead atoms. The Hall–Kier alpha value is -1.67. The molecule has 1 saturated heterocycles. The van der Waals surface area contributed by atoms with Gasteiger partial charge in [0.1, 0.15) is 12.4 Å². The first-order valence-electron chi connectivity index (χ1n) is 8.45. The average molecular weight is 338 g/mol. The van der Waals surface area contributed by atoms with Crippen molar-refractivity contribution in [2.24, 2.45) is 12.0 Å². The highest BCUT2D eigenvalue weighted by Gasteiger charge is 2.19. The maximum Gasteiger partial charge on any atom is 0.191 e. The second kappa shape index (κ2) is 8.43.